The van der Waals surface area contributed by atoms with Gasteiger partial charge >= 0.3 is 0 Å². The Bertz CT molecular complexity index is 444. The number of hydrogen-bond acceptors (Lipinski definition) is 2. The molecule has 2 nitrogen and oxygen atoms in total. The molecule has 0 amide bonds. The van der Waals surface area contributed by atoms with E-state index in [2.05, 4.69) is 10.6 Å². The third kappa shape index (κ3) is 3.01. The van der Waals surface area contributed by atoms with E-state index in [-0.39, 0.29) is 0 Å². The van der Waals surface area contributed by atoms with Crippen molar-refractivity contribution in [2.45, 2.75) is 44.2 Å². The van der Waals surface area contributed by atoms with Crippen LogP contribution in [0.15, 0.2) is 18.2 Å². The fourth-order valence-corrected chi connectivity index (χ4v) is 3.82. The highest BCUT2D eigenvalue weighted by Crippen LogP contribution is 2.35. The number of nitrogens with one attached hydrogen (secondary N) is 2. The minimum absolute atomic E-state index is 0.563. The lowest BCUT2D eigenvalue weighted by atomic mass is 9.93. The van der Waals surface area contributed by atoms with Crippen LogP contribution in [0.5, 0.6) is 0 Å². The molecule has 2 N–H and O–H groups in total. The summed E-state index contributed by atoms with van der Waals surface area (Å²) in [5.41, 5.74) is 1.09. The van der Waals surface area contributed by atoms with Gasteiger partial charge in [0.1, 0.15) is 0 Å². The Morgan fingerprint density at radius 1 is 1.05 bits per heavy atom. The number of benzene rings is 1. The molecule has 1 aromatic carbocycles. The zero-order chi connectivity index (χ0) is 13.2. The second-order valence-corrected chi connectivity index (χ2v) is 6.49. The first kappa shape index (κ1) is 13.5. The van der Waals surface area contributed by atoms with Crippen LogP contribution in [0.2, 0.25) is 10.0 Å². The summed E-state index contributed by atoms with van der Waals surface area (Å²) in [6.07, 6.45) is 6.55. The minimum atomic E-state index is 0.563. The molecular formula is C15H20Cl2N2. The van der Waals surface area contributed by atoms with Crippen molar-refractivity contribution < 1.29 is 0 Å². The van der Waals surface area contributed by atoms with Crippen LogP contribution in [0.3, 0.4) is 0 Å². The van der Waals surface area contributed by atoms with Gasteiger partial charge in [0, 0.05) is 17.8 Å². The smallest absolute Gasteiger partial charge is 0.0612 e. The second kappa shape index (κ2) is 5.90. The second-order valence-electron chi connectivity index (χ2n) is 5.68. The molecule has 104 valence electrons. The van der Waals surface area contributed by atoms with Gasteiger partial charge in [-0.25, -0.2) is 0 Å². The highest BCUT2D eigenvalue weighted by Gasteiger charge is 2.34. The summed E-state index contributed by atoms with van der Waals surface area (Å²) in [6, 6.07) is 7.08. The van der Waals surface area contributed by atoms with Gasteiger partial charge in [-0.2, -0.15) is 0 Å². The van der Waals surface area contributed by atoms with Gasteiger partial charge < -0.3 is 10.6 Å². The van der Waals surface area contributed by atoms with E-state index in [1.807, 2.05) is 18.2 Å². The Balaban J connectivity index is 1.69. The fourth-order valence-electron chi connectivity index (χ4n) is 3.53. The number of halogens is 2. The summed E-state index contributed by atoms with van der Waals surface area (Å²) in [6.45, 7) is 1.18. The van der Waals surface area contributed by atoms with Gasteiger partial charge in [-0.3, -0.25) is 0 Å². The van der Waals surface area contributed by atoms with E-state index in [0.29, 0.717) is 22.1 Å². The topological polar surface area (TPSA) is 24.1 Å². The van der Waals surface area contributed by atoms with Crippen molar-refractivity contribution >= 4 is 28.9 Å². The first-order chi connectivity index (χ1) is 9.24. The van der Waals surface area contributed by atoms with Crippen molar-refractivity contribution in [1.82, 2.24) is 5.32 Å². The molecule has 1 aliphatic carbocycles. The SMILES string of the molecule is Clc1ccc(NC2CCCC2C2CCCN2)cc1Cl. The van der Waals surface area contributed by atoms with Crippen LogP contribution in [0, 0.1) is 5.92 Å². The van der Waals surface area contributed by atoms with Gasteiger partial charge in [0.2, 0.25) is 0 Å². The predicted octanol–water partition coefficient (Wildman–Crippen LogP) is 4.33. The van der Waals surface area contributed by atoms with Crippen molar-refractivity contribution in [3.63, 3.8) is 0 Å². The van der Waals surface area contributed by atoms with Gasteiger partial charge in [-0.15, -0.1) is 0 Å². The van der Waals surface area contributed by atoms with E-state index in [4.69, 9.17) is 23.2 Å². The standard InChI is InChI=1S/C15H20Cl2N2/c16-12-7-6-10(9-13(12)17)19-15-4-1-3-11(15)14-5-2-8-18-14/h6-7,9,11,14-15,18-19H,1-5,8H2. The Labute approximate surface area is 124 Å². The maximum atomic E-state index is 6.08. The molecule has 3 atom stereocenters. The zero-order valence-corrected chi connectivity index (χ0v) is 12.5. The molecule has 1 saturated heterocycles. The minimum Gasteiger partial charge on any atom is -0.382 e. The van der Waals surface area contributed by atoms with Crippen LogP contribution >= 0.6 is 23.2 Å². The Morgan fingerprint density at radius 2 is 1.95 bits per heavy atom. The lowest BCUT2D eigenvalue weighted by Gasteiger charge is -2.27. The highest BCUT2D eigenvalue weighted by molar-refractivity contribution is 6.42. The largest absolute Gasteiger partial charge is 0.382 e. The number of anilines is 1. The van der Waals surface area contributed by atoms with Crippen LogP contribution in [0.4, 0.5) is 5.69 Å². The van der Waals surface area contributed by atoms with Crippen molar-refractivity contribution in [2.24, 2.45) is 5.92 Å². The van der Waals surface area contributed by atoms with Crippen molar-refractivity contribution in [1.29, 1.82) is 0 Å². The molecule has 0 bridgehead atoms. The predicted molar refractivity (Wildman–Crippen MR) is 82.2 cm³/mol. The summed E-state index contributed by atoms with van der Waals surface area (Å²) in [4.78, 5) is 0. The van der Waals surface area contributed by atoms with Crippen molar-refractivity contribution in [3.05, 3.63) is 28.2 Å². The molecule has 1 saturated carbocycles. The molecule has 3 unspecified atom stereocenters. The lowest BCUT2D eigenvalue weighted by molar-refractivity contribution is 0.376. The molecular weight excluding hydrogens is 279 g/mol. The molecule has 1 aliphatic heterocycles. The van der Waals surface area contributed by atoms with E-state index in [9.17, 15) is 0 Å². The molecule has 1 heterocycles. The molecule has 1 aromatic rings. The zero-order valence-electron chi connectivity index (χ0n) is 11.0. The lowest BCUT2D eigenvalue weighted by Crippen LogP contribution is -2.38. The Morgan fingerprint density at radius 3 is 2.68 bits per heavy atom. The summed E-state index contributed by atoms with van der Waals surface area (Å²) < 4.78 is 0. The first-order valence-electron chi connectivity index (χ1n) is 7.19. The van der Waals surface area contributed by atoms with Gasteiger partial charge in [-0.05, 0) is 56.3 Å². The Hall–Kier alpha value is -0.440. The number of rotatable bonds is 3. The highest BCUT2D eigenvalue weighted by atomic mass is 35.5. The maximum absolute atomic E-state index is 6.08. The monoisotopic (exact) mass is 298 g/mol. The molecule has 0 radical (unpaired) electrons. The van der Waals surface area contributed by atoms with E-state index >= 15 is 0 Å². The van der Waals surface area contributed by atoms with Crippen LogP contribution < -0.4 is 10.6 Å². The average Bonchev–Trinajstić information content (AvgIpc) is 3.04. The average molecular weight is 299 g/mol. The van der Waals surface area contributed by atoms with E-state index < -0.39 is 0 Å². The quantitative estimate of drug-likeness (QED) is 0.868. The fraction of sp³-hybridized carbons (Fsp3) is 0.600. The molecule has 0 aromatic heterocycles. The number of hydrogen-bond donors (Lipinski definition) is 2. The first-order valence-corrected chi connectivity index (χ1v) is 7.94. The van der Waals surface area contributed by atoms with Crippen LogP contribution in [-0.4, -0.2) is 18.6 Å². The summed E-state index contributed by atoms with van der Waals surface area (Å²) in [5, 5.41) is 8.54. The van der Waals surface area contributed by atoms with Gasteiger partial charge in [-0.1, -0.05) is 29.6 Å². The van der Waals surface area contributed by atoms with Crippen LogP contribution in [-0.2, 0) is 0 Å². The van der Waals surface area contributed by atoms with Crippen LogP contribution in [0.25, 0.3) is 0 Å². The summed E-state index contributed by atoms with van der Waals surface area (Å²) in [7, 11) is 0. The third-order valence-corrected chi connectivity index (χ3v) is 5.20. The van der Waals surface area contributed by atoms with Crippen LogP contribution in [0.1, 0.15) is 32.1 Å². The summed E-state index contributed by atoms with van der Waals surface area (Å²) in [5.74, 6) is 0.747. The van der Waals surface area contributed by atoms with Gasteiger partial charge in [0.05, 0.1) is 10.0 Å². The third-order valence-electron chi connectivity index (χ3n) is 4.46. The summed E-state index contributed by atoms with van der Waals surface area (Å²) >= 11 is 12.0. The maximum Gasteiger partial charge on any atom is 0.0612 e. The van der Waals surface area contributed by atoms with Gasteiger partial charge in [0.25, 0.3) is 0 Å². The molecule has 3 rings (SSSR count). The molecule has 19 heavy (non-hydrogen) atoms. The molecule has 0 spiro atoms. The Kier molecular flexibility index (Phi) is 4.21. The molecule has 2 aliphatic rings. The van der Waals surface area contributed by atoms with Gasteiger partial charge in [0.15, 0.2) is 0 Å². The van der Waals surface area contributed by atoms with E-state index in [1.54, 1.807) is 0 Å². The van der Waals surface area contributed by atoms with E-state index in [0.717, 1.165) is 11.6 Å². The molecule has 4 heteroatoms. The van der Waals surface area contributed by atoms with Crippen molar-refractivity contribution in [2.75, 3.05) is 11.9 Å². The normalized spacial score (nSPS) is 30.7. The van der Waals surface area contributed by atoms with Crippen molar-refractivity contribution in [3.8, 4) is 0 Å². The van der Waals surface area contributed by atoms with E-state index in [1.165, 1.54) is 38.6 Å². The molecule has 2 fully saturated rings.